The molecule has 2 fully saturated rings. The summed E-state index contributed by atoms with van der Waals surface area (Å²) < 4.78 is 0. The van der Waals surface area contributed by atoms with Gasteiger partial charge in [-0.15, -0.1) is 0 Å². The summed E-state index contributed by atoms with van der Waals surface area (Å²) >= 11 is 0. The van der Waals surface area contributed by atoms with Crippen LogP contribution < -0.4 is 5.73 Å². The molecule has 2 nitrogen and oxygen atoms in total. The first-order chi connectivity index (χ1) is 9.63. The standard InChI is InChI=1S/C19H38N2/c1-14-17(20)8-7-15(19(14,4)5)13-21(6)16-9-11-18(2,3)12-10-16/h14-17H,7-13,20H2,1-6H3. The molecule has 0 amide bonds. The molecule has 3 unspecified atom stereocenters. The van der Waals surface area contributed by atoms with Gasteiger partial charge in [-0.3, -0.25) is 0 Å². The van der Waals surface area contributed by atoms with Gasteiger partial charge < -0.3 is 10.6 Å². The molecule has 21 heavy (non-hydrogen) atoms. The van der Waals surface area contributed by atoms with Gasteiger partial charge >= 0.3 is 0 Å². The van der Waals surface area contributed by atoms with Gasteiger partial charge in [-0.1, -0.05) is 34.6 Å². The molecular formula is C19H38N2. The summed E-state index contributed by atoms with van der Waals surface area (Å²) in [7, 11) is 2.36. The van der Waals surface area contributed by atoms with Gasteiger partial charge in [-0.2, -0.15) is 0 Å². The normalized spacial score (nSPS) is 36.9. The molecule has 124 valence electrons. The van der Waals surface area contributed by atoms with Crippen LogP contribution in [-0.4, -0.2) is 30.6 Å². The highest BCUT2D eigenvalue weighted by atomic mass is 15.1. The molecule has 0 heterocycles. The molecular weight excluding hydrogens is 256 g/mol. The minimum absolute atomic E-state index is 0.375. The van der Waals surface area contributed by atoms with Crippen LogP contribution in [0.15, 0.2) is 0 Å². The van der Waals surface area contributed by atoms with Gasteiger partial charge in [0.1, 0.15) is 0 Å². The Morgan fingerprint density at radius 3 is 2.14 bits per heavy atom. The zero-order chi connectivity index (χ0) is 15.8. The Labute approximate surface area is 132 Å². The topological polar surface area (TPSA) is 29.3 Å². The molecule has 2 aliphatic carbocycles. The van der Waals surface area contributed by atoms with Crippen LogP contribution in [0.2, 0.25) is 0 Å². The predicted molar refractivity (Wildman–Crippen MR) is 92.3 cm³/mol. The first kappa shape index (κ1) is 17.3. The molecule has 0 saturated heterocycles. The molecule has 2 N–H and O–H groups in total. The van der Waals surface area contributed by atoms with Crippen LogP contribution in [0.1, 0.15) is 73.1 Å². The van der Waals surface area contributed by atoms with E-state index in [2.05, 4.69) is 46.6 Å². The first-order valence-corrected chi connectivity index (χ1v) is 9.09. The van der Waals surface area contributed by atoms with E-state index in [1.165, 1.54) is 45.1 Å². The summed E-state index contributed by atoms with van der Waals surface area (Å²) in [5.41, 5.74) is 7.25. The highest BCUT2D eigenvalue weighted by Gasteiger charge is 2.42. The number of hydrogen-bond acceptors (Lipinski definition) is 2. The van der Waals surface area contributed by atoms with Crippen LogP contribution in [0.3, 0.4) is 0 Å². The monoisotopic (exact) mass is 294 g/mol. The second-order valence-electron chi connectivity index (χ2n) is 9.38. The lowest BCUT2D eigenvalue weighted by Crippen LogP contribution is -2.51. The molecule has 0 spiro atoms. The minimum atomic E-state index is 0.375. The van der Waals surface area contributed by atoms with Crippen molar-refractivity contribution in [3.05, 3.63) is 0 Å². The number of rotatable bonds is 3. The molecule has 0 bridgehead atoms. The third-order valence-electron chi connectivity index (χ3n) is 7.16. The highest BCUT2D eigenvalue weighted by molar-refractivity contribution is 4.95. The van der Waals surface area contributed by atoms with Crippen molar-refractivity contribution in [1.82, 2.24) is 4.90 Å². The molecule has 2 heteroatoms. The Morgan fingerprint density at radius 2 is 1.57 bits per heavy atom. The van der Waals surface area contributed by atoms with E-state index >= 15 is 0 Å². The summed E-state index contributed by atoms with van der Waals surface area (Å²) in [6, 6.07) is 1.21. The molecule has 0 radical (unpaired) electrons. The Hall–Kier alpha value is -0.0800. The van der Waals surface area contributed by atoms with Crippen LogP contribution in [0, 0.1) is 22.7 Å². The summed E-state index contributed by atoms with van der Waals surface area (Å²) in [4.78, 5) is 2.67. The van der Waals surface area contributed by atoms with Crippen LogP contribution in [0.5, 0.6) is 0 Å². The van der Waals surface area contributed by atoms with Gasteiger partial charge in [0, 0.05) is 18.6 Å². The SMILES string of the molecule is CC1C(N)CCC(CN(C)C2CCC(C)(C)CC2)C1(C)C. The fourth-order valence-corrected chi connectivity index (χ4v) is 4.59. The van der Waals surface area contributed by atoms with E-state index < -0.39 is 0 Å². The Balaban J connectivity index is 1.92. The molecule has 0 aromatic rings. The average Bonchev–Trinajstić information content (AvgIpc) is 2.40. The molecule has 2 aliphatic rings. The number of nitrogens with zero attached hydrogens (tertiary/aromatic N) is 1. The second kappa shape index (κ2) is 6.20. The third kappa shape index (κ3) is 3.82. The Bertz CT molecular complexity index is 337. The van der Waals surface area contributed by atoms with Crippen LogP contribution in [-0.2, 0) is 0 Å². The summed E-state index contributed by atoms with van der Waals surface area (Å²) in [5, 5.41) is 0. The van der Waals surface area contributed by atoms with Crippen molar-refractivity contribution in [3.8, 4) is 0 Å². The lowest BCUT2D eigenvalue weighted by atomic mass is 9.61. The minimum Gasteiger partial charge on any atom is -0.327 e. The Kier molecular flexibility index (Phi) is 5.10. The smallest absolute Gasteiger partial charge is 0.00927 e. The van der Waals surface area contributed by atoms with Gasteiger partial charge in [0.2, 0.25) is 0 Å². The van der Waals surface area contributed by atoms with E-state index in [0.717, 1.165) is 12.0 Å². The van der Waals surface area contributed by atoms with Crippen molar-refractivity contribution in [1.29, 1.82) is 0 Å². The molecule has 3 atom stereocenters. The van der Waals surface area contributed by atoms with Gasteiger partial charge in [0.25, 0.3) is 0 Å². The van der Waals surface area contributed by atoms with Crippen molar-refractivity contribution in [2.45, 2.75) is 85.2 Å². The zero-order valence-electron chi connectivity index (χ0n) is 15.3. The lowest BCUT2D eigenvalue weighted by molar-refractivity contribution is 0.0164. The van der Waals surface area contributed by atoms with E-state index in [9.17, 15) is 0 Å². The largest absolute Gasteiger partial charge is 0.327 e. The van der Waals surface area contributed by atoms with Crippen molar-refractivity contribution in [3.63, 3.8) is 0 Å². The van der Waals surface area contributed by atoms with Crippen LogP contribution in [0.25, 0.3) is 0 Å². The average molecular weight is 295 g/mol. The quantitative estimate of drug-likeness (QED) is 0.841. The van der Waals surface area contributed by atoms with Gasteiger partial charge in [0.05, 0.1) is 0 Å². The first-order valence-electron chi connectivity index (χ1n) is 9.09. The Morgan fingerprint density at radius 1 is 1.00 bits per heavy atom. The molecule has 2 rings (SSSR count). The summed E-state index contributed by atoms with van der Waals surface area (Å²) in [6.07, 6.45) is 8.05. The number of nitrogens with two attached hydrogens (primary N) is 1. The van der Waals surface area contributed by atoms with Gasteiger partial charge in [-0.05, 0) is 68.2 Å². The van der Waals surface area contributed by atoms with Crippen molar-refractivity contribution >= 4 is 0 Å². The van der Waals surface area contributed by atoms with E-state index in [0.29, 0.717) is 22.8 Å². The summed E-state index contributed by atoms with van der Waals surface area (Å²) in [5.74, 6) is 1.43. The summed E-state index contributed by atoms with van der Waals surface area (Å²) in [6.45, 7) is 13.4. The van der Waals surface area contributed by atoms with Gasteiger partial charge in [-0.25, -0.2) is 0 Å². The van der Waals surface area contributed by atoms with E-state index in [4.69, 9.17) is 5.73 Å². The predicted octanol–water partition coefficient (Wildman–Crippen LogP) is 4.29. The molecule has 0 aromatic carbocycles. The maximum absolute atomic E-state index is 6.31. The molecule has 0 aliphatic heterocycles. The zero-order valence-corrected chi connectivity index (χ0v) is 15.3. The van der Waals surface area contributed by atoms with Crippen molar-refractivity contribution in [2.75, 3.05) is 13.6 Å². The third-order valence-corrected chi connectivity index (χ3v) is 7.16. The van der Waals surface area contributed by atoms with Crippen molar-refractivity contribution in [2.24, 2.45) is 28.4 Å². The van der Waals surface area contributed by atoms with E-state index in [-0.39, 0.29) is 0 Å². The second-order valence-corrected chi connectivity index (χ2v) is 9.38. The highest BCUT2D eigenvalue weighted by Crippen LogP contribution is 2.45. The maximum Gasteiger partial charge on any atom is 0.00927 e. The molecule has 0 aromatic heterocycles. The maximum atomic E-state index is 6.31. The fraction of sp³-hybridized carbons (Fsp3) is 1.00. The van der Waals surface area contributed by atoms with Crippen LogP contribution >= 0.6 is 0 Å². The van der Waals surface area contributed by atoms with Crippen LogP contribution in [0.4, 0.5) is 0 Å². The van der Waals surface area contributed by atoms with Gasteiger partial charge in [0.15, 0.2) is 0 Å². The van der Waals surface area contributed by atoms with Crippen molar-refractivity contribution < 1.29 is 0 Å². The molecule has 2 saturated carbocycles. The lowest BCUT2D eigenvalue weighted by Gasteiger charge is -2.49. The number of hydrogen-bond donors (Lipinski definition) is 1. The van der Waals surface area contributed by atoms with E-state index in [1.54, 1.807) is 0 Å². The van der Waals surface area contributed by atoms with E-state index in [1.807, 2.05) is 0 Å². The fourth-order valence-electron chi connectivity index (χ4n) is 4.59.